The van der Waals surface area contributed by atoms with E-state index in [1.54, 1.807) is 6.08 Å². The lowest BCUT2D eigenvalue weighted by molar-refractivity contribution is -0.177. The number of likely N-dealkylation sites (tertiary alicyclic amines) is 1. The van der Waals surface area contributed by atoms with Crippen LogP contribution in [0.25, 0.3) is 0 Å². The highest BCUT2D eigenvalue weighted by Gasteiger charge is 2.72. The van der Waals surface area contributed by atoms with E-state index in [1.165, 1.54) is 14.0 Å². The predicted molar refractivity (Wildman–Crippen MR) is 131 cm³/mol. The van der Waals surface area contributed by atoms with Crippen molar-refractivity contribution in [3.63, 3.8) is 0 Å². The first-order chi connectivity index (χ1) is 18.4. The standard InChI is InChI=1S/C27H31NO11/c1-13(36-20(30)12-18(24(31)32)37-14(2)29)25(33)38-17-7-8-27(34)19-11-15-5-6-16(35-4)22-21(15)26(27,23(17)39-22)9-10-28(19)3/h5-7,13,18-19,23,34H,8-12H2,1-4H3,(H,31,32)/t13-,18-,19-,23+,26+,27-/m0/s1. The molecule has 0 amide bonds. The zero-order chi connectivity index (χ0) is 28.3. The van der Waals surface area contributed by atoms with E-state index in [2.05, 4.69) is 9.64 Å². The van der Waals surface area contributed by atoms with Crippen LogP contribution in [0.5, 0.6) is 11.5 Å². The molecule has 0 unspecified atom stereocenters. The number of methoxy groups -OCH3 is 1. The van der Waals surface area contributed by atoms with Crippen LogP contribution in [0.3, 0.4) is 0 Å². The molecule has 2 bridgehead atoms. The van der Waals surface area contributed by atoms with Gasteiger partial charge in [-0.15, -0.1) is 0 Å². The zero-order valence-electron chi connectivity index (χ0n) is 22.1. The molecule has 4 aliphatic rings. The molecule has 1 spiro atoms. The minimum absolute atomic E-state index is 0.169. The Kier molecular flexibility index (Phi) is 6.58. The normalized spacial score (nSPS) is 29.6. The number of piperidine rings is 1. The summed E-state index contributed by atoms with van der Waals surface area (Å²) in [6, 6.07) is 3.65. The summed E-state index contributed by atoms with van der Waals surface area (Å²) in [5, 5.41) is 21.4. The topological polar surface area (TPSA) is 158 Å². The molecule has 12 nitrogen and oxygen atoms in total. The highest BCUT2D eigenvalue weighted by Crippen LogP contribution is 2.65. The number of nitrogens with zero attached hydrogens (tertiary/aromatic N) is 1. The fourth-order valence-electron chi connectivity index (χ4n) is 6.61. The Labute approximate surface area is 224 Å². The van der Waals surface area contributed by atoms with Gasteiger partial charge in [-0.2, -0.15) is 0 Å². The summed E-state index contributed by atoms with van der Waals surface area (Å²) in [7, 11) is 3.53. The number of esters is 3. The molecule has 1 saturated heterocycles. The van der Waals surface area contributed by atoms with Gasteiger partial charge in [-0.3, -0.25) is 9.59 Å². The number of carboxylic acid groups (broad SMARTS) is 1. The zero-order valence-corrected chi connectivity index (χ0v) is 22.1. The van der Waals surface area contributed by atoms with Gasteiger partial charge in [0.05, 0.1) is 24.5 Å². The Morgan fingerprint density at radius 3 is 2.64 bits per heavy atom. The van der Waals surface area contributed by atoms with Crippen molar-refractivity contribution in [1.82, 2.24) is 4.90 Å². The number of rotatable bonds is 8. The molecule has 1 fully saturated rings. The number of aliphatic hydroxyl groups is 1. The van der Waals surface area contributed by atoms with Crippen molar-refractivity contribution in [3.8, 4) is 11.5 Å². The van der Waals surface area contributed by atoms with E-state index in [1.807, 2.05) is 19.2 Å². The van der Waals surface area contributed by atoms with Gasteiger partial charge in [0.25, 0.3) is 0 Å². The van der Waals surface area contributed by atoms with Gasteiger partial charge in [-0.1, -0.05) is 6.07 Å². The van der Waals surface area contributed by atoms with Crippen LogP contribution >= 0.6 is 0 Å². The molecule has 210 valence electrons. The van der Waals surface area contributed by atoms with Crippen LogP contribution in [-0.2, 0) is 45.2 Å². The van der Waals surface area contributed by atoms with Crippen molar-refractivity contribution < 1.29 is 53.1 Å². The van der Waals surface area contributed by atoms with Crippen LogP contribution in [0.2, 0.25) is 0 Å². The third-order valence-corrected chi connectivity index (χ3v) is 8.35. The van der Waals surface area contributed by atoms with Crippen LogP contribution in [0, 0.1) is 0 Å². The quantitative estimate of drug-likeness (QED) is 0.351. The average Bonchev–Trinajstić information content (AvgIpc) is 3.22. The van der Waals surface area contributed by atoms with E-state index < -0.39 is 59.6 Å². The summed E-state index contributed by atoms with van der Waals surface area (Å²) in [5.74, 6) is -3.10. The molecule has 0 saturated carbocycles. The van der Waals surface area contributed by atoms with Gasteiger partial charge in [0, 0.05) is 24.9 Å². The first-order valence-corrected chi connectivity index (χ1v) is 12.7. The Balaban J connectivity index is 1.38. The van der Waals surface area contributed by atoms with Crippen LogP contribution in [0.1, 0.15) is 44.2 Å². The number of carboxylic acids is 1. The second kappa shape index (κ2) is 9.53. The van der Waals surface area contributed by atoms with E-state index in [-0.39, 0.29) is 18.2 Å². The fourth-order valence-corrected chi connectivity index (χ4v) is 6.61. The lowest BCUT2D eigenvalue weighted by atomic mass is 9.50. The maximum absolute atomic E-state index is 13.0. The van der Waals surface area contributed by atoms with Gasteiger partial charge in [-0.05, 0) is 51.1 Å². The fraction of sp³-hybridized carbons (Fsp3) is 0.556. The van der Waals surface area contributed by atoms with Crippen LogP contribution in [0.15, 0.2) is 24.0 Å². The Hall–Kier alpha value is -3.64. The summed E-state index contributed by atoms with van der Waals surface area (Å²) < 4.78 is 27.4. The van der Waals surface area contributed by atoms with Crippen molar-refractivity contribution in [2.24, 2.45) is 0 Å². The number of hydrogen-bond donors (Lipinski definition) is 2. The van der Waals surface area contributed by atoms with Crippen molar-refractivity contribution in [3.05, 3.63) is 35.1 Å². The average molecular weight is 546 g/mol. The minimum atomic E-state index is -1.74. The Bertz CT molecular complexity index is 1270. The third kappa shape index (κ3) is 4.04. The van der Waals surface area contributed by atoms with Gasteiger partial charge < -0.3 is 38.8 Å². The number of ether oxygens (including phenoxy) is 5. The number of likely N-dealkylation sites (N-methyl/N-ethyl adjacent to an activating group) is 1. The summed E-state index contributed by atoms with van der Waals surface area (Å²) >= 11 is 0. The molecule has 2 aliphatic carbocycles. The molecule has 2 aliphatic heterocycles. The second-order valence-electron chi connectivity index (χ2n) is 10.5. The predicted octanol–water partition coefficient (Wildman–Crippen LogP) is 0.854. The van der Waals surface area contributed by atoms with E-state index in [9.17, 15) is 24.3 Å². The van der Waals surface area contributed by atoms with Crippen LogP contribution in [-0.4, -0.2) is 89.6 Å². The van der Waals surface area contributed by atoms with Crippen molar-refractivity contribution in [2.75, 3.05) is 20.7 Å². The van der Waals surface area contributed by atoms with Gasteiger partial charge in [0.2, 0.25) is 6.10 Å². The highest BCUT2D eigenvalue weighted by molar-refractivity contribution is 5.85. The lowest BCUT2D eigenvalue weighted by Gasteiger charge is -2.61. The van der Waals surface area contributed by atoms with Crippen molar-refractivity contribution >= 4 is 23.9 Å². The highest BCUT2D eigenvalue weighted by atomic mass is 16.6. The first-order valence-electron chi connectivity index (χ1n) is 12.7. The molecular weight excluding hydrogens is 514 g/mol. The lowest BCUT2D eigenvalue weighted by Crippen LogP contribution is -2.74. The smallest absolute Gasteiger partial charge is 0.352 e. The van der Waals surface area contributed by atoms with E-state index >= 15 is 0 Å². The number of carbonyl (C=O) groups excluding carboxylic acids is 3. The molecule has 6 atom stereocenters. The largest absolute Gasteiger partial charge is 0.493 e. The van der Waals surface area contributed by atoms with Crippen LogP contribution in [0.4, 0.5) is 0 Å². The molecule has 5 rings (SSSR count). The molecule has 12 heteroatoms. The SMILES string of the molecule is COc1ccc2c3c1O[C@@H]1C(OC(=O)[C@H](C)OC(=O)C[C@H](OC(C)=O)C(=O)O)=CC[C@]4(O)[C@H](C2)N(C)CC[C@@]314. The van der Waals surface area contributed by atoms with Gasteiger partial charge >= 0.3 is 23.9 Å². The molecule has 1 aromatic rings. The molecular formula is C27H31NO11. The maximum Gasteiger partial charge on any atom is 0.352 e. The minimum Gasteiger partial charge on any atom is -0.493 e. The van der Waals surface area contributed by atoms with Gasteiger partial charge in [0.15, 0.2) is 23.7 Å². The maximum atomic E-state index is 13.0. The summed E-state index contributed by atoms with van der Waals surface area (Å²) in [6.07, 6.45) is -1.67. The first kappa shape index (κ1) is 26.9. The number of aliphatic carboxylic acids is 1. The number of hydrogen-bond acceptors (Lipinski definition) is 11. The van der Waals surface area contributed by atoms with E-state index in [4.69, 9.17) is 24.1 Å². The number of benzene rings is 1. The molecule has 0 radical (unpaired) electrons. The summed E-state index contributed by atoms with van der Waals surface area (Å²) in [4.78, 5) is 49.8. The Morgan fingerprint density at radius 2 is 1.97 bits per heavy atom. The van der Waals surface area contributed by atoms with Crippen LogP contribution < -0.4 is 9.47 Å². The van der Waals surface area contributed by atoms with Crippen molar-refractivity contribution in [1.29, 1.82) is 0 Å². The monoisotopic (exact) mass is 545 g/mol. The second-order valence-corrected chi connectivity index (χ2v) is 10.5. The molecule has 0 aromatic heterocycles. The van der Waals surface area contributed by atoms with E-state index in [0.29, 0.717) is 30.9 Å². The number of carbonyl (C=O) groups is 4. The Morgan fingerprint density at radius 1 is 1.23 bits per heavy atom. The van der Waals surface area contributed by atoms with Gasteiger partial charge in [-0.25, -0.2) is 9.59 Å². The van der Waals surface area contributed by atoms with Crippen molar-refractivity contribution in [2.45, 2.75) is 74.9 Å². The molecule has 39 heavy (non-hydrogen) atoms. The molecule has 2 heterocycles. The summed E-state index contributed by atoms with van der Waals surface area (Å²) in [5.41, 5.74) is -0.119. The van der Waals surface area contributed by atoms with Gasteiger partial charge in [0.1, 0.15) is 5.76 Å². The molecule has 1 aromatic carbocycles. The molecule has 2 N–H and O–H groups in total. The summed E-state index contributed by atoms with van der Waals surface area (Å²) in [6.45, 7) is 3.00. The third-order valence-electron chi connectivity index (χ3n) is 8.35. The van der Waals surface area contributed by atoms with E-state index in [0.717, 1.165) is 18.1 Å².